The van der Waals surface area contributed by atoms with Crippen molar-refractivity contribution in [3.8, 4) is 11.3 Å². The van der Waals surface area contributed by atoms with Crippen LogP contribution < -0.4 is 5.32 Å². The predicted molar refractivity (Wildman–Crippen MR) is 95.9 cm³/mol. The van der Waals surface area contributed by atoms with Gasteiger partial charge in [0.25, 0.3) is 0 Å². The van der Waals surface area contributed by atoms with Gasteiger partial charge < -0.3 is 9.88 Å². The third-order valence-corrected chi connectivity index (χ3v) is 5.98. The number of hydrogen-bond acceptors (Lipinski definition) is 2. The molecular weight excluding hydrogens is 288 g/mol. The molecule has 1 aromatic carbocycles. The van der Waals surface area contributed by atoms with Crippen LogP contribution in [-0.4, -0.2) is 17.7 Å². The number of nitrogens with zero attached hydrogens (tertiary/aromatic N) is 1. The summed E-state index contributed by atoms with van der Waals surface area (Å²) in [7, 11) is 2.21. The van der Waals surface area contributed by atoms with Crippen LogP contribution in [-0.2, 0) is 26.3 Å². The quantitative estimate of drug-likeness (QED) is 0.716. The average molecular weight is 310 g/mol. The smallest absolute Gasteiger partial charge is 0.0532 e. The lowest BCUT2D eigenvalue weighted by atomic mass is 9.94. The average Bonchev–Trinajstić information content (AvgIpc) is 3.07. The molecule has 0 saturated heterocycles. The van der Waals surface area contributed by atoms with Gasteiger partial charge in [-0.05, 0) is 50.0 Å². The minimum Gasteiger partial charge on any atom is -0.343 e. The van der Waals surface area contributed by atoms with Crippen molar-refractivity contribution in [2.24, 2.45) is 7.05 Å². The molecule has 0 spiro atoms. The number of aromatic nitrogens is 1. The summed E-state index contributed by atoms with van der Waals surface area (Å²) in [6.07, 6.45) is 3.52. The molecule has 0 unspecified atom stereocenters. The van der Waals surface area contributed by atoms with E-state index in [1.54, 1.807) is 10.4 Å². The van der Waals surface area contributed by atoms with Crippen LogP contribution in [0.2, 0.25) is 0 Å². The molecule has 2 nitrogen and oxygen atoms in total. The lowest BCUT2D eigenvalue weighted by Gasteiger charge is -2.14. The fourth-order valence-corrected chi connectivity index (χ4v) is 4.86. The van der Waals surface area contributed by atoms with Gasteiger partial charge in [0.05, 0.1) is 5.69 Å². The molecule has 2 heterocycles. The molecule has 22 heavy (non-hydrogen) atoms. The third kappa shape index (κ3) is 2.11. The summed E-state index contributed by atoms with van der Waals surface area (Å²) in [5.74, 6) is 0. The number of para-hydroxylation sites is 1. The second kappa shape index (κ2) is 5.56. The van der Waals surface area contributed by atoms with Gasteiger partial charge in [0.15, 0.2) is 0 Å². The number of aryl methyl sites for hydroxylation is 3. The molecule has 0 saturated carbocycles. The van der Waals surface area contributed by atoms with Gasteiger partial charge in [0, 0.05) is 33.3 Å². The number of benzene rings is 1. The number of hydrogen-bond donors (Lipinski definition) is 1. The van der Waals surface area contributed by atoms with Gasteiger partial charge in [-0.15, -0.1) is 11.3 Å². The maximum atomic E-state index is 3.43. The Balaban J connectivity index is 1.80. The zero-order valence-corrected chi connectivity index (χ0v) is 14.1. The standard InChI is InChI=1S/C19H22N2S/c1-3-20-11-10-13-12-16-18(22-13)9-8-15-14-6-4-5-7-17(14)21(2)19(15)16/h4-7,12,20H,3,8-11H2,1-2H3. The SMILES string of the molecule is CCNCCc1cc2c(s1)CCc1c-2n(C)c2ccccc12. The van der Waals surface area contributed by atoms with Crippen molar-refractivity contribution in [1.82, 2.24) is 9.88 Å². The molecule has 3 aromatic rings. The summed E-state index contributed by atoms with van der Waals surface area (Å²) in [6, 6.07) is 11.3. The van der Waals surface area contributed by atoms with E-state index in [2.05, 4.69) is 54.2 Å². The fourth-order valence-electron chi connectivity index (χ4n) is 3.69. The monoisotopic (exact) mass is 310 g/mol. The summed E-state index contributed by atoms with van der Waals surface area (Å²) in [4.78, 5) is 3.09. The molecule has 0 atom stereocenters. The van der Waals surface area contributed by atoms with Gasteiger partial charge in [-0.2, -0.15) is 0 Å². The normalized spacial score (nSPS) is 13.4. The van der Waals surface area contributed by atoms with Crippen LogP contribution in [0.4, 0.5) is 0 Å². The molecule has 114 valence electrons. The zero-order valence-electron chi connectivity index (χ0n) is 13.3. The maximum Gasteiger partial charge on any atom is 0.0532 e. The number of thiophene rings is 1. The molecule has 0 bridgehead atoms. The highest BCUT2D eigenvalue weighted by Crippen LogP contribution is 2.42. The zero-order chi connectivity index (χ0) is 15.1. The van der Waals surface area contributed by atoms with E-state index in [0.29, 0.717) is 0 Å². The van der Waals surface area contributed by atoms with Gasteiger partial charge in [-0.25, -0.2) is 0 Å². The lowest BCUT2D eigenvalue weighted by molar-refractivity contribution is 0.721. The van der Waals surface area contributed by atoms with Crippen molar-refractivity contribution in [3.63, 3.8) is 0 Å². The first-order valence-corrected chi connectivity index (χ1v) is 9.00. The first-order chi connectivity index (χ1) is 10.8. The molecule has 1 aliphatic rings. The highest BCUT2D eigenvalue weighted by atomic mass is 32.1. The van der Waals surface area contributed by atoms with Gasteiger partial charge in [0.1, 0.15) is 0 Å². The molecule has 2 aromatic heterocycles. The Morgan fingerprint density at radius 1 is 1.23 bits per heavy atom. The lowest BCUT2D eigenvalue weighted by Crippen LogP contribution is -2.15. The molecule has 1 aliphatic carbocycles. The molecule has 3 heteroatoms. The number of likely N-dealkylation sites (N-methyl/N-ethyl adjacent to an activating group) is 1. The number of rotatable bonds is 4. The first kappa shape index (κ1) is 14.0. The topological polar surface area (TPSA) is 17.0 Å². The van der Waals surface area contributed by atoms with Crippen LogP contribution in [0.5, 0.6) is 0 Å². The molecule has 0 fully saturated rings. The van der Waals surface area contributed by atoms with E-state index in [4.69, 9.17) is 0 Å². The minimum atomic E-state index is 1.05. The van der Waals surface area contributed by atoms with Crippen molar-refractivity contribution in [2.45, 2.75) is 26.2 Å². The third-order valence-electron chi connectivity index (χ3n) is 4.73. The van der Waals surface area contributed by atoms with Crippen LogP contribution in [0.3, 0.4) is 0 Å². The van der Waals surface area contributed by atoms with E-state index in [0.717, 1.165) is 19.5 Å². The predicted octanol–water partition coefficient (Wildman–Crippen LogP) is 4.16. The number of fused-ring (bicyclic) bond motifs is 5. The van der Waals surface area contributed by atoms with Gasteiger partial charge >= 0.3 is 0 Å². The van der Waals surface area contributed by atoms with Crippen LogP contribution in [0, 0.1) is 0 Å². The van der Waals surface area contributed by atoms with E-state index in [-0.39, 0.29) is 0 Å². The Kier molecular flexibility index (Phi) is 3.55. The van der Waals surface area contributed by atoms with Crippen LogP contribution in [0.15, 0.2) is 30.3 Å². The summed E-state index contributed by atoms with van der Waals surface area (Å²) in [6.45, 7) is 4.30. The van der Waals surface area contributed by atoms with Gasteiger partial charge in [-0.3, -0.25) is 0 Å². The van der Waals surface area contributed by atoms with Crippen molar-refractivity contribution in [2.75, 3.05) is 13.1 Å². The summed E-state index contributed by atoms with van der Waals surface area (Å²) in [5.41, 5.74) is 5.84. The van der Waals surface area contributed by atoms with Crippen molar-refractivity contribution < 1.29 is 0 Å². The Hall–Kier alpha value is -1.58. The molecular formula is C19H22N2S. The molecule has 0 amide bonds. The Morgan fingerprint density at radius 3 is 2.95 bits per heavy atom. The van der Waals surface area contributed by atoms with Gasteiger partial charge in [0.2, 0.25) is 0 Å². The highest BCUT2D eigenvalue weighted by Gasteiger charge is 2.24. The van der Waals surface area contributed by atoms with Crippen LogP contribution >= 0.6 is 11.3 Å². The largest absolute Gasteiger partial charge is 0.343 e. The summed E-state index contributed by atoms with van der Waals surface area (Å²) < 4.78 is 2.39. The first-order valence-electron chi connectivity index (χ1n) is 8.18. The second-order valence-electron chi connectivity index (χ2n) is 6.06. The minimum absolute atomic E-state index is 1.05. The summed E-state index contributed by atoms with van der Waals surface area (Å²) in [5, 5.41) is 4.87. The van der Waals surface area contributed by atoms with Crippen molar-refractivity contribution >= 4 is 22.2 Å². The van der Waals surface area contributed by atoms with Crippen molar-refractivity contribution in [3.05, 3.63) is 45.6 Å². The Morgan fingerprint density at radius 2 is 2.09 bits per heavy atom. The van der Waals surface area contributed by atoms with Gasteiger partial charge in [-0.1, -0.05) is 25.1 Å². The molecule has 4 rings (SSSR count). The fraction of sp³-hybridized carbons (Fsp3) is 0.368. The Bertz CT molecular complexity index is 825. The second-order valence-corrected chi connectivity index (χ2v) is 7.28. The summed E-state index contributed by atoms with van der Waals surface area (Å²) >= 11 is 2.01. The molecule has 0 radical (unpaired) electrons. The molecule has 1 N–H and O–H groups in total. The van der Waals surface area contributed by atoms with E-state index < -0.39 is 0 Å². The molecule has 0 aliphatic heterocycles. The number of nitrogens with one attached hydrogen (secondary N) is 1. The highest BCUT2D eigenvalue weighted by molar-refractivity contribution is 7.12. The van der Waals surface area contributed by atoms with Crippen molar-refractivity contribution in [1.29, 1.82) is 0 Å². The van der Waals surface area contributed by atoms with E-state index in [1.807, 2.05) is 11.3 Å². The van der Waals surface area contributed by atoms with E-state index in [9.17, 15) is 0 Å². The van der Waals surface area contributed by atoms with E-state index in [1.165, 1.54) is 39.9 Å². The van der Waals surface area contributed by atoms with Crippen LogP contribution in [0.25, 0.3) is 22.2 Å². The maximum absolute atomic E-state index is 3.43. The van der Waals surface area contributed by atoms with Crippen LogP contribution in [0.1, 0.15) is 22.2 Å². The Labute approximate surface area is 135 Å². The van der Waals surface area contributed by atoms with E-state index >= 15 is 0 Å².